The molecule has 0 amide bonds. The number of aliphatic imine (C=N–C) groups is 1. The van der Waals surface area contributed by atoms with E-state index in [2.05, 4.69) is 22.3 Å². The summed E-state index contributed by atoms with van der Waals surface area (Å²) in [6.07, 6.45) is 11.5. The van der Waals surface area contributed by atoms with Crippen molar-refractivity contribution in [2.75, 3.05) is 6.54 Å². The first kappa shape index (κ1) is 15.5. The normalized spacial score (nSPS) is 11.8. The molecule has 5 heteroatoms. The van der Waals surface area contributed by atoms with Gasteiger partial charge in [-0.15, -0.1) is 0 Å². The molecule has 3 N–H and O–H groups in total. The number of aryl methyl sites for hydroxylation is 1. The molecule has 1 rings (SSSR count). The van der Waals surface area contributed by atoms with Crippen LogP contribution >= 0.6 is 0 Å². The molecule has 5 nitrogen and oxygen atoms in total. The Hall–Kier alpha value is -1.52. The molecule has 0 aliphatic carbocycles. The van der Waals surface area contributed by atoms with Crippen LogP contribution in [0.15, 0.2) is 17.4 Å². The van der Waals surface area contributed by atoms with Gasteiger partial charge in [-0.25, -0.2) is 4.99 Å². The van der Waals surface area contributed by atoms with E-state index in [0.717, 1.165) is 18.5 Å². The second kappa shape index (κ2) is 9.42. The SMILES string of the molecule is CCCCCCCCNC(N)=NCc1cnn(C)c1. The summed E-state index contributed by atoms with van der Waals surface area (Å²) in [4.78, 5) is 4.28. The molecule has 1 heterocycles. The summed E-state index contributed by atoms with van der Waals surface area (Å²) in [6, 6.07) is 0. The Morgan fingerprint density at radius 1 is 1.32 bits per heavy atom. The van der Waals surface area contributed by atoms with Crippen LogP contribution in [0.3, 0.4) is 0 Å². The summed E-state index contributed by atoms with van der Waals surface area (Å²) in [5.74, 6) is 0.525. The summed E-state index contributed by atoms with van der Waals surface area (Å²) >= 11 is 0. The van der Waals surface area contributed by atoms with E-state index in [4.69, 9.17) is 5.73 Å². The van der Waals surface area contributed by atoms with E-state index in [9.17, 15) is 0 Å². The van der Waals surface area contributed by atoms with Crippen LogP contribution in [-0.4, -0.2) is 22.3 Å². The summed E-state index contributed by atoms with van der Waals surface area (Å²) in [6.45, 7) is 3.73. The van der Waals surface area contributed by atoms with E-state index in [1.165, 1.54) is 32.1 Å². The quantitative estimate of drug-likeness (QED) is 0.408. The topological polar surface area (TPSA) is 68.2 Å². The molecular formula is C14H27N5. The zero-order valence-corrected chi connectivity index (χ0v) is 12.2. The van der Waals surface area contributed by atoms with E-state index in [-0.39, 0.29) is 0 Å². The number of guanidine groups is 1. The van der Waals surface area contributed by atoms with Crippen LogP contribution in [0.5, 0.6) is 0 Å². The van der Waals surface area contributed by atoms with Crippen molar-refractivity contribution < 1.29 is 0 Å². The molecule has 0 atom stereocenters. The first-order valence-electron chi connectivity index (χ1n) is 7.23. The first-order valence-corrected chi connectivity index (χ1v) is 7.23. The number of unbranched alkanes of at least 4 members (excludes halogenated alkanes) is 5. The summed E-state index contributed by atoms with van der Waals surface area (Å²) in [7, 11) is 1.90. The van der Waals surface area contributed by atoms with Crippen LogP contribution in [0.4, 0.5) is 0 Å². The van der Waals surface area contributed by atoms with Crippen molar-refractivity contribution >= 4 is 5.96 Å². The van der Waals surface area contributed by atoms with Gasteiger partial charge in [-0.05, 0) is 6.42 Å². The minimum Gasteiger partial charge on any atom is -0.370 e. The Kier molecular flexibility index (Phi) is 7.70. The molecule has 0 aromatic carbocycles. The molecule has 0 bridgehead atoms. The Morgan fingerprint density at radius 2 is 2.05 bits per heavy atom. The number of rotatable bonds is 9. The molecule has 0 radical (unpaired) electrons. The number of nitrogens with zero attached hydrogens (tertiary/aromatic N) is 3. The third-order valence-electron chi connectivity index (χ3n) is 3.03. The molecule has 0 spiro atoms. The zero-order chi connectivity index (χ0) is 13.9. The van der Waals surface area contributed by atoms with E-state index in [1.54, 1.807) is 4.68 Å². The van der Waals surface area contributed by atoms with E-state index >= 15 is 0 Å². The number of hydrogen-bond acceptors (Lipinski definition) is 2. The van der Waals surface area contributed by atoms with Gasteiger partial charge in [0.15, 0.2) is 5.96 Å². The van der Waals surface area contributed by atoms with Crippen molar-refractivity contribution in [1.82, 2.24) is 15.1 Å². The summed E-state index contributed by atoms with van der Waals surface area (Å²) in [5, 5.41) is 7.24. The molecule has 0 saturated carbocycles. The van der Waals surface area contributed by atoms with Gasteiger partial charge in [0, 0.05) is 25.4 Å². The largest absolute Gasteiger partial charge is 0.370 e. The summed E-state index contributed by atoms with van der Waals surface area (Å²) < 4.78 is 1.77. The van der Waals surface area contributed by atoms with Gasteiger partial charge >= 0.3 is 0 Å². The van der Waals surface area contributed by atoms with Crippen molar-refractivity contribution in [3.05, 3.63) is 18.0 Å². The number of hydrogen-bond donors (Lipinski definition) is 2. The number of nitrogens with two attached hydrogens (primary N) is 1. The van der Waals surface area contributed by atoms with Crippen molar-refractivity contribution in [1.29, 1.82) is 0 Å². The molecule has 108 valence electrons. The zero-order valence-electron chi connectivity index (χ0n) is 12.2. The monoisotopic (exact) mass is 265 g/mol. The predicted octanol–water partition coefficient (Wildman–Crippen LogP) is 2.18. The minimum absolute atomic E-state index is 0.525. The highest BCUT2D eigenvalue weighted by Gasteiger charge is 1.96. The average Bonchev–Trinajstić information content (AvgIpc) is 2.81. The first-order chi connectivity index (χ1) is 9.22. The average molecular weight is 265 g/mol. The fourth-order valence-electron chi connectivity index (χ4n) is 1.91. The lowest BCUT2D eigenvalue weighted by atomic mass is 10.1. The lowest BCUT2D eigenvalue weighted by Gasteiger charge is -2.05. The predicted molar refractivity (Wildman–Crippen MR) is 79.9 cm³/mol. The Morgan fingerprint density at radius 3 is 2.74 bits per heavy atom. The molecule has 0 fully saturated rings. The second-order valence-corrected chi connectivity index (χ2v) is 4.92. The van der Waals surface area contributed by atoms with Gasteiger partial charge < -0.3 is 11.1 Å². The van der Waals surface area contributed by atoms with Gasteiger partial charge in [0.25, 0.3) is 0 Å². The van der Waals surface area contributed by atoms with Crippen LogP contribution in [-0.2, 0) is 13.6 Å². The lowest BCUT2D eigenvalue weighted by Crippen LogP contribution is -2.32. The molecule has 19 heavy (non-hydrogen) atoms. The highest BCUT2D eigenvalue weighted by molar-refractivity contribution is 5.77. The fraction of sp³-hybridized carbons (Fsp3) is 0.714. The standard InChI is InChI=1S/C14H27N5/c1-3-4-5-6-7-8-9-16-14(15)17-10-13-11-18-19(2)12-13/h11-12H,3-10H2,1-2H3,(H3,15,16,17). The lowest BCUT2D eigenvalue weighted by molar-refractivity contribution is 0.601. The van der Waals surface area contributed by atoms with Crippen LogP contribution < -0.4 is 11.1 Å². The van der Waals surface area contributed by atoms with Gasteiger partial charge in [0.2, 0.25) is 0 Å². The van der Waals surface area contributed by atoms with E-state index in [1.807, 2.05) is 19.4 Å². The van der Waals surface area contributed by atoms with E-state index < -0.39 is 0 Å². The Bertz CT molecular complexity index is 370. The van der Waals surface area contributed by atoms with Gasteiger partial charge in [-0.1, -0.05) is 39.0 Å². The molecule has 0 unspecified atom stereocenters. The molecule has 0 aliphatic heterocycles. The van der Waals surface area contributed by atoms with Gasteiger partial charge in [0.1, 0.15) is 0 Å². The van der Waals surface area contributed by atoms with Crippen molar-refractivity contribution in [2.24, 2.45) is 17.8 Å². The van der Waals surface area contributed by atoms with Crippen LogP contribution in [0, 0.1) is 0 Å². The number of aromatic nitrogens is 2. The van der Waals surface area contributed by atoms with Gasteiger partial charge in [-0.2, -0.15) is 5.10 Å². The molecular weight excluding hydrogens is 238 g/mol. The minimum atomic E-state index is 0.525. The second-order valence-electron chi connectivity index (χ2n) is 4.92. The van der Waals surface area contributed by atoms with Gasteiger partial charge in [0.05, 0.1) is 12.7 Å². The maximum absolute atomic E-state index is 5.80. The third kappa shape index (κ3) is 7.49. The van der Waals surface area contributed by atoms with Crippen LogP contribution in [0.2, 0.25) is 0 Å². The Labute approximate surface area is 116 Å². The van der Waals surface area contributed by atoms with Crippen molar-refractivity contribution in [2.45, 2.75) is 52.0 Å². The maximum atomic E-state index is 5.80. The Balaban J connectivity index is 2.05. The molecule has 1 aromatic heterocycles. The summed E-state index contributed by atoms with van der Waals surface area (Å²) in [5.41, 5.74) is 6.88. The maximum Gasteiger partial charge on any atom is 0.188 e. The van der Waals surface area contributed by atoms with E-state index in [0.29, 0.717) is 12.5 Å². The smallest absolute Gasteiger partial charge is 0.188 e. The highest BCUT2D eigenvalue weighted by Crippen LogP contribution is 2.04. The molecule has 1 aromatic rings. The highest BCUT2D eigenvalue weighted by atomic mass is 15.2. The van der Waals surface area contributed by atoms with Gasteiger partial charge in [-0.3, -0.25) is 4.68 Å². The molecule has 0 saturated heterocycles. The van der Waals surface area contributed by atoms with Crippen LogP contribution in [0.1, 0.15) is 51.0 Å². The number of nitrogens with one attached hydrogen (secondary N) is 1. The van der Waals surface area contributed by atoms with Crippen LogP contribution in [0.25, 0.3) is 0 Å². The third-order valence-corrected chi connectivity index (χ3v) is 3.03. The van der Waals surface area contributed by atoms with Crippen molar-refractivity contribution in [3.8, 4) is 0 Å². The van der Waals surface area contributed by atoms with Crippen molar-refractivity contribution in [3.63, 3.8) is 0 Å². The molecule has 0 aliphatic rings. The fourth-order valence-corrected chi connectivity index (χ4v) is 1.91.